The van der Waals surface area contributed by atoms with Gasteiger partial charge in [-0.1, -0.05) is 17.7 Å². The van der Waals surface area contributed by atoms with Crippen LogP contribution in [0, 0.1) is 6.92 Å². The first-order valence-electron chi connectivity index (χ1n) is 8.00. The Balaban J connectivity index is 2.43. The van der Waals surface area contributed by atoms with Gasteiger partial charge in [0.05, 0.1) is 11.3 Å². The van der Waals surface area contributed by atoms with E-state index < -0.39 is 34.0 Å². The molecule has 0 heterocycles. The molecule has 3 N–H and O–H groups in total. The van der Waals surface area contributed by atoms with Crippen molar-refractivity contribution < 1.29 is 27.5 Å². The summed E-state index contributed by atoms with van der Waals surface area (Å²) in [6, 6.07) is 5.56. The van der Waals surface area contributed by atoms with E-state index in [0.29, 0.717) is 6.54 Å². The van der Waals surface area contributed by atoms with Crippen LogP contribution in [0.4, 0.5) is 4.79 Å². The number of imide groups is 1. The van der Waals surface area contributed by atoms with Gasteiger partial charge >= 0.3 is 12.0 Å². The Kier molecular flexibility index (Phi) is 8.20. The molecule has 1 aromatic rings. The van der Waals surface area contributed by atoms with E-state index in [4.69, 9.17) is 4.74 Å². The Bertz CT molecular complexity index is 746. The van der Waals surface area contributed by atoms with Crippen molar-refractivity contribution in [1.82, 2.24) is 15.4 Å². The SMILES string of the molecule is CCNC(=O)NC(=O)[C@@H](C)OC(=O)CCNS(=O)(=O)c1ccc(C)cc1. The third-order valence-electron chi connectivity index (χ3n) is 3.20. The van der Waals surface area contributed by atoms with E-state index in [1.165, 1.54) is 19.1 Å². The molecule has 0 aliphatic rings. The Morgan fingerprint density at radius 2 is 1.77 bits per heavy atom. The zero-order chi connectivity index (χ0) is 19.7. The van der Waals surface area contributed by atoms with Gasteiger partial charge in [0.15, 0.2) is 6.10 Å². The van der Waals surface area contributed by atoms with Gasteiger partial charge in [0.1, 0.15) is 0 Å². The van der Waals surface area contributed by atoms with E-state index >= 15 is 0 Å². The summed E-state index contributed by atoms with van der Waals surface area (Å²) < 4.78 is 31.3. The molecule has 0 saturated heterocycles. The van der Waals surface area contributed by atoms with Crippen LogP contribution in [0.5, 0.6) is 0 Å². The molecule has 0 aliphatic carbocycles. The number of sulfonamides is 1. The summed E-state index contributed by atoms with van der Waals surface area (Å²) >= 11 is 0. The van der Waals surface area contributed by atoms with Crippen LogP contribution >= 0.6 is 0 Å². The Morgan fingerprint density at radius 3 is 2.35 bits per heavy atom. The highest BCUT2D eigenvalue weighted by atomic mass is 32.2. The fourth-order valence-corrected chi connectivity index (χ4v) is 2.85. The number of urea groups is 1. The minimum atomic E-state index is -3.73. The highest BCUT2D eigenvalue weighted by molar-refractivity contribution is 7.89. The molecule has 1 atom stereocenters. The van der Waals surface area contributed by atoms with E-state index in [1.54, 1.807) is 19.1 Å². The fourth-order valence-electron chi connectivity index (χ4n) is 1.82. The molecule has 0 aromatic heterocycles. The molecule has 144 valence electrons. The average molecular weight is 385 g/mol. The molecule has 0 saturated carbocycles. The number of amides is 3. The molecular weight excluding hydrogens is 362 g/mol. The van der Waals surface area contributed by atoms with Gasteiger partial charge in [0.2, 0.25) is 10.0 Å². The summed E-state index contributed by atoms with van der Waals surface area (Å²) in [5.74, 6) is -1.54. The van der Waals surface area contributed by atoms with Crippen molar-refractivity contribution in [2.75, 3.05) is 13.1 Å². The molecule has 1 rings (SSSR count). The molecule has 9 nitrogen and oxygen atoms in total. The number of carbonyl (C=O) groups excluding carboxylic acids is 3. The lowest BCUT2D eigenvalue weighted by Crippen LogP contribution is -2.44. The third-order valence-corrected chi connectivity index (χ3v) is 4.68. The molecule has 0 unspecified atom stereocenters. The van der Waals surface area contributed by atoms with Crippen molar-refractivity contribution in [3.63, 3.8) is 0 Å². The van der Waals surface area contributed by atoms with Gasteiger partial charge in [-0.25, -0.2) is 17.9 Å². The standard InChI is InChI=1S/C16H23N3O6S/c1-4-17-16(22)19-15(21)12(3)25-14(20)9-10-18-26(23,24)13-7-5-11(2)6-8-13/h5-8,12,18H,4,9-10H2,1-3H3,(H2,17,19,21,22)/t12-/m1/s1. The number of benzene rings is 1. The Labute approximate surface area is 152 Å². The van der Waals surface area contributed by atoms with Gasteiger partial charge < -0.3 is 10.1 Å². The normalized spacial score (nSPS) is 12.1. The topological polar surface area (TPSA) is 131 Å². The number of rotatable bonds is 8. The maximum absolute atomic E-state index is 12.1. The van der Waals surface area contributed by atoms with E-state index in [2.05, 4.69) is 10.0 Å². The quantitative estimate of drug-likeness (QED) is 0.557. The first kappa shape index (κ1) is 21.6. The first-order valence-corrected chi connectivity index (χ1v) is 9.48. The molecule has 0 aliphatic heterocycles. The van der Waals surface area contributed by atoms with Crippen molar-refractivity contribution >= 4 is 27.9 Å². The zero-order valence-corrected chi connectivity index (χ0v) is 15.7. The lowest BCUT2D eigenvalue weighted by Gasteiger charge is -2.13. The summed E-state index contributed by atoms with van der Waals surface area (Å²) in [6.45, 7) is 4.99. The van der Waals surface area contributed by atoms with E-state index in [1.807, 2.05) is 12.2 Å². The Morgan fingerprint density at radius 1 is 1.15 bits per heavy atom. The highest BCUT2D eigenvalue weighted by Gasteiger charge is 2.20. The number of esters is 1. The van der Waals surface area contributed by atoms with Crippen molar-refractivity contribution in [3.05, 3.63) is 29.8 Å². The molecule has 26 heavy (non-hydrogen) atoms. The van der Waals surface area contributed by atoms with Crippen molar-refractivity contribution in [1.29, 1.82) is 0 Å². The summed E-state index contributed by atoms with van der Waals surface area (Å²) in [5.41, 5.74) is 0.924. The second-order valence-electron chi connectivity index (χ2n) is 5.44. The number of carbonyl (C=O) groups is 3. The summed E-state index contributed by atoms with van der Waals surface area (Å²) in [4.78, 5) is 34.7. The van der Waals surface area contributed by atoms with Crippen LogP contribution in [-0.4, -0.2) is 45.5 Å². The first-order chi connectivity index (χ1) is 12.2. The summed E-state index contributed by atoms with van der Waals surface area (Å²) in [5, 5.41) is 4.38. The van der Waals surface area contributed by atoms with Crippen LogP contribution in [0.15, 0.2) is 29.2 Å². The molecule has 0 fully saturated rings. The number of nitrogens with one attached hydrogen (secondary N) is 3. The molecular formula is C16H23N3O6S. The van der Waals surface area contributed by atoms with Gasteiger partial charge in [-0.2, -0.15) is 0 Å². The molecule has 0 radical (unpaired) electrons. The van der Waals surface area contributed by atoms with Gasteiger partial charge in [-0.05, 0) is 32.9 Å². The minimum Gasteiger partial charge on any atom is -0.452 e. The van der Waals surface area contributed by atoms with Crippen LogP contribution < -0.4 is 15.4 Å². The van der Waals surface area contributed by atoms with Crippen LogP contribution in [0.25, 0.3) is 0 Å². The van der Waals surface area contributed by atoms with E-state index in [9.17, 15) is 22.8 Å². The zero-order valence-electron chi connectivity index (χ0n) is 14.9. The van der Waals surface area contributed by atoms with Gasteiger partial charge in [0.25, 0.3) is 5.91 Å². The van der Waals surface area contributed by atoms with Gasteiger partial charge in [0, 0.05) is 13.1 Å². The number of hydrogen-bond acceptors (Lipinski definition) is 6. The van der Waals surface area contributed by atoms with Gasteiger partial charge in [-0.15, -0.1) is 0 Å². The average Bonchev–Trinajstić information content (AvgIpc) is 2.55. The lowest BCUT2D eigenvalue weighted by atomic mass is 10.2. The summed E-state index contributed by atoms with van der Waals surface area (Å²) in [7, 11) is -3.73. The fraction of sp³-hybridized carbons (Fsp3) is 0.438. The predicted molar refractivity (Wildman–Crippen MR) is 93.8 cm³/mol. The predicted octanol–water partition coefficient (Wildman–Crippen LogP) is 0.441. The number of hydrogen-bond donors (Lipinski definition) is 3. The smallest absolute Gasteiger partial charge is 0.321 e. The van der Waals surface area contributed by atoms with Crippen LogP contribution in [-0.2, 0) is 24.3 Å². The molecule has 1 aromatic carbocycles. The molecule has 10 heteroatoms. The number of aryl methyl sites for hydroxylation is 1. The molecule has 0 spiro atoms. The lowest BCUT2D eigenvalue weighted by molar-refractivity contribution is -0.154. The second kappa shape index (κ2) is 9.88. The molecule has 0 bridgehead atoms. The maximum Gasteiger partial charge on any atom is 0.321 e. The highest BCUT2D eigenvalue weighted by Crippen LogP contribution is 2.09. The maximum atomic E-state index is 12.1. The van der Waals surface area contributed by atoms with Crippen molar-refractivity contribution in [2.24, 2.45) is 0 Å². The van der Waals surface area contributed by atoms with E-state index in [0.717, 1.165) is 5.56 Å². The Hall–Kier alpha value is -2.46. The van der Waals surface area contributed by atoms with Crippen LogP contribution in [0.1, 0.15) is 25.8 Å². The van der Waals surface area contributed by atoms with Gasteiger partial charge in [-0.3, -0.25) is 14.9 Å². The summed E-state index contributed by atoms with van der Waals surface area (Å²) in [6.07, 6.45) is -1.44. The number of ether oxygens (including phenoxy) is 1. The molecule has 3 amide bonds. The van der Waals surface area contributed by atoms with E-state index in [-0.39, 0.29) is 17.9 Å². The van der Waals surface area contributed by atoms with Crippen LogP contribution in [0.2, 0.25) is 0 Å². The third kappa shape index (κ3) is 7.19. The van der Waals surface area contributed by atoms with Crippen LogP contribution in [0.3, 0.4) is 0 Å². The second-order valence-corrected chi connectivity index (χ2v) is 7.21. The van der Waals surface area contributed by atoms with Crippen molar-refractivity contribution in [2.45, 2.75) is 38.2 Å². The van der Waals surface area contributed by atoms with Crippen molar-refractivity contribution in [3.8, 4) is 0 Å². The minimum absolute atomic E-state index is 0.0890. The largest absolute Gasteiger partial charge is 0.452 e. The monoisotopic (exact) mass is 385 g/mol.